The van der Waals surface area contributed by atoms with Gasteiger partial charge in [0.2, 0.25) is 5.91 Å². The molecule has 0 unspecified atom stereocenters. The summed E-state index contributed by atoms with van der Waals surface area (Å²) in [5.41, 5.74) is 4.90. The number of carbonyl (C=O) groups excluding carboxylic acids is 1. The highest BCUT2D eigenvalue weighted by molar-refractivity contribution is 5.94. The summed E-state index contributed by atoms with van der Waals surface area (Å²) in [5.74, 6) is 0.985. The highest BCUT2D eigenvalue weighted by Gasteiger charge is 2.28. The summed E-state index contributed by atoms with van der Waals surface area (Å²) in [6, 6.07) is 18.3. The number of nitrogens with one attached hydrogen (secondary N) is 1. The summed E-state index contributed by atoms with van der Waals surface area (Å²) in [7, 11) is 3.63. The lowest BCUT2D eigenvalue weighted by Gasteiger charge is -2.37. The minimum absolute atomic E-state index is 0.0285. The first-order valence-electron chi connectivity index (χ1n) is 11.9. The first-order valence-corrected chi connectivity index (χ1v) is 11.9. The van der Waals surface area contributed by atoms with Gasteiger partial charge in [0.05, 0.1) is 6.04 Å². The SMILES string of the molecule is C[C@@H]1C(=O)N(C)CCN1CCOc1ccc(-c2ccc(-c3cn(C)c(=O)c4[nH]ccc34)cc2)cc1. The van der Waals surface area contributed by atoms with Gasteiger partial charge in [-0.15, -0.1) is 0 Å². The van der Waals surface area contributed by atoms with E-state index in [1.165, 1.54) is 0 Å². The Morgan fingerprint density at radius 1 is 0.914 bits per heavy atom. The molecular formula is C28H30N4O3. The van der Waals surface area contributed by atoms with Crippen molar-refractivity contribution in [2.24, 2.45) is 7.05 Å². The maximum atomic E-state index is 12.3. The van der Waals surface area contributed by atoms with Crippen molar-refractivity contribution in [2.45, 2.75) is 13.0 Å². The highest BCUT2D eigenvalue weighted by Crippen LogP contribution is 2.29. The lowest BCUT2D eigenvalue weighted by molar-refractivity contribution is -0.139. The first kappa shape index (κ1) is 22.9. The molecule has 7 nitrogen and oxygen atoms in total. The second-order valence-electron chi connectivity index (χ2n) is 9.15. The Kier molecular flexibility index (Phi) is 6.17. The summed E-state index contributed by atoms with van der Waals surface area (Å²) in [6.45, 7) is 4.86. The molecule has 1 saturated heterocycles. The van der Waals surface area contributed by atoms with E-state index in [0.717, 1.165) is 53.0 Å². The molecule has 180 valence electrons. The van der Waals surface area contributed by atoms with Crippen LogP contribution in [0, 0.1) is 0 Å². The van der Waals surface area contributed by atoms with Crippen molar-refractivity contribution in [1.29, 1.82) is 0 Å². The van der Waals surface area contributed by atoms with Crippen LogP contribution in [0.4, 0.5) is 0 Å². The molecule has 0 radical (unpaired) electrons. The number of aromatic nitrogens is 2. The number of H-pyrrole nitrogens is 1. The molecule has 1 amide bonds. The number of aryl methyl sites for hydroxylation is 1. The van der Waals surface area contributed by atoms with Gasteiger partial charge >= 0.3 is 0 Å². The second kappa shape index (κ2) is 9.43. The van der Waals surface area contributed by atoms with Gasteiger partial charge in [-0.3, -0.25) is 14.5 Å². The number of hydrogen-bond acceptors (Lipinski definition) is 4. The minimum atomic E-state index is -0.100. The van der Waals surface area contributed by atoms with Crippen LogP contribution in [0.3, 0.4) is 0 Å². The number of fused-ring (bicyclic) bond motifs is 1. The third kappa shape index (κ3) is 4.47. The van der Waals surface area contributed by atoms with E-state index in [9.17, 15) is 9.59 Å². The normalized spacial score (nSPS) is 16.7. The fourth-order valence-electron chi connectivity index (χ4n) is 4.73. The Bertz CT molecular complexity index is 1400. The lowest BCUT2D eigenvalue weighted by Crippen LogP contribution is -2.55. The third-order valence-corrected chi connectivity index (χ3v) is 6.93. The molecule has 7 heteroatoms. The van der Waals surface area contributed by atoms with Crippen LogP contribution in [0.5, 0.6) is 5.75 Å². The fourth-order valence-corrected chi connectivity index (χ4v) is 4.73. The molecule has 1 atom stereocenters. The van der Waals surface area contributed by atoms with Crippen LogP contribution in [0.1, 0.15) is 6.92 Å². The van der Waals surface area contributed by atoms with Crippen molar-refractivity contribution in [3.63, 3.8) is 0 Å². The molecule has 0 aliphatic carbocycles. The number of pyridine rings is 1. The van der Waals surface area contributed by atoms with E-state index in [4.69, 9.17) is 4.74 Å². The molecule has 3 heterocycles. The largest absolute Gasteiger partial charge is 0.492 e. The first-order chi connectivity index (χ1) is 16.9. The molecule has 35 heavy (non-hydrogen) atoms. The Morgan fingerprint density at radius 2 is 1.57 bits per heavy atom. The molecule has 0 spiro atoms. The number of ether oxygens (including phenoxy) is 1. The number of likely N-dealkylation sites (N-methyl/N-ethyl adjacent to an activating group) is 1. The van der Waals surface area contributed by atoms with Crippen molar-refractivity contribution in [3.8, 4) is 28.0 Å². The van der Waals surface area contributed by atoms with Crippen LogP contribution >= 0.6 is 0 Å². The van der Waals surface area contributed by atoms with Crippen LogP contribution in [0.25, 0.3) is 33.2 Å². The van der Waals surface area contributed by atoms with E-state index >= 15 is 0 Å². The van der Waals surface area contributed by atoms with Gasteiger partial charge in [-0.05, 0) is 41.8 Å². The number of aromatic amines is 1. The van der Waals surface area contributed by atoms with E-state index in [-0.39, 0.29) is 17.5 Å². The zero-order chi connectivity index (χ0) is 24.5. The van der Waals surface area contributed by atoms with Gasteiger partial charge in [0.1, 0.15) is 17.9 Å². The van der Waals surface area contributed by atoms with Gasteiger partial charge in [-0.1, -0.05) is 36.4 Å². The number of benzene rings is 2. The summed E-state index contributed by atoms with van der Waals surface area (Å²) in [4.78, 5) is 31.5. The van der Waals surface area contributed by atoms with E-state index in [1.54, 1.807) is 22.7 Å². The van der Waals surface area contributed by atoms with E-state index in [1.807, 2.05) is 38.4 Å². The summed E-state index contributed by atoms with van der Waals surface area (Å²) in [6.07, 6.45) is 3.69. The maximum Gasteiger partial charge on any atom is 0.274 e. The quantitative estimate of drug-likeness (QED) is 0.466. The van der Waals surface area contributed by atoms with E-state index in [0.29, 0.717) is 12.1 Å². The lowest BCUT2D eigenvalue weighted by atomic mass is 9.99. The summed E-state index contributed by atoms with van der Waals surface area (Å²) >= 11 is 0. The highest BCUT2D eigenvalue weighted by atomic mass is 16.5. The summed E-state index contributed by atoms with van der Waals surface area (Å²) in [5, 5.41) is 0.928. The zero-order valence-corrected chi connectivity index (χ0v) is 20.3. The fraction of sp³-hybridized carbons (Fsp3) is 0.286. The van der Waals surface area contributed by atoms with Crippen LogP contribution < -0.4 is 10.3 Å². The molecule has 2 aromatic heterocycles. The van der Waals surface area contributed by atoms with Crippen LogP contribution in [-0.2, 0) is 11.8 Å². The average Bonchev–Trinajstić information content (AvgIpc) is 3.37. The molecule has 0 saturated carbocycles. The van der Waals surface area contributed by atoms with E-state index < -0.39 is 0 Å². The van der Waals surface area contributed by atoms with Gasteiger partial charge in [0.25, 0.3) is 5.56 Å². The van der Waals surface area contributed by atoms with Gasteiger partial charge in [-0.25, -0.2) is 0 Å². The van der Waals surface area contributed by atoms with Crippen LogP contribution in [0.15, 0.2) is 71.8 Å². The molecule has 1 aliphatic rings. The zero-order valence-electron chi connectivity index (χ0n) is 20.3. The number of piperazine rings is 1. The average molecular weight is 471 g/mol. The smallest absolute Gasteiger partial charge is 0.274 e. The molecule has 0 bridgehead atoms. The van der Waals surface area contributed by atoms with E-state index in [2.05, 4.69) is 46.3 Å². The number of hydrogen-bond donors (Lipinski definition) is 1. The van der Waals surface area contributed by atoms with Crippen molar-refractivity contribution in [2.75, 3.05) is 33.3 Å². The number of nitrogens with zero attached hydrogens (tertiary/aromatic N) is 3. The topological polar surface area (TPSA) is 70.6 Å². The van der Waals surface area contributed by atoms with Crippen molar-refractivity contribution in [1.82, 2.24) is 19.4 Å². The Morgan fingerprint density at radius 3 is 2.29 bits per heavy atom. The number of rotatable bonds is 6. The molecular weight excluding hydrogens is 440 g/mol. The molecule has 1 fully saturated rings. The Labute approximate surface area is 204 Å². The maximum absolute atomic E-state index is 12.3. The van der Waals surface area contributed by atoms with Gasteiger partial charge < -0.3 is 19.2 Å². The molecule has 4 aromatic rings. The monoisotopic (exact) mass is 470 g/mol. The van der Waals surface area contributed by atoms with Crippen molar-refractivity contribution < 1.29 is 9.53 Å². The van der Waals surface area contributed by atoms with Gasteiger partial charge in [-0.2, -0.15) is 0 Å². The second-order valence-corrected chi connectivity index (χ2v) is 9.15. The summed E-state index contributed by atoms with van der Waals surface area (Å²) < 4.78 is 7.56. The van der Waals surface area contributed by atoms with Gasteiger partial charge in [0, 0.05) is 57.1 Å². The molecule has 1 N–H and O–H groups in total. The Balaban J connectivity index is 1.24. The van der Waals surface area contributed by atoms with Crippen molar-refractivity contribution >= 4 is 16.8 Å². The Hall–Kier alpha value is -3.84. The molecule has 5 rings (SSSR count). The van der Waals surface area contributed by atoms with Crippen molar-refractivity contribution in [3.05, 3.63) is 77.3 Å². The minimum Gasteiger partial charge on any atom is -0.492 e. The number of amides is 1. The standard InChI is InChI=1S/C28H30N4O3/c1-19-27(33)30(2)14-15-32(19)16-17-35-23-10-8-21(9-11-23)20-4-6-22(7-5-20)25-18-31(3)28(34)26-24(25)12-13-29-26/h4-13,18-19,29H,14-17H2,1-3H3/t19-/m1/s1. The third-order valence-electron chi connectivity index (χ3n) is 6.93. The number of carbonyl (C=O) groups is 1. The predicted molar refractivity (Wildman–Crippen MR) is 139 cm³/mol. The van der Waals surface area contributed by atoms with Crippen LogP contribution in [-0.4, -0.2) is 64.6 Å². The molecule has 1 aliphatic heterocycles. The molecule has 2 aromatic carbocycles. The predicted octanol–water partition coefficient (Wildman–Crippen LogP) is 3.74. The van der Waals surface area contributed by atoms with Gasteiger partial charge in [0.15, 0.2) is 0 Å². The van der Waals surface area contributed by atoms with Crippen LogP contribution in [0.2, 0.25) is 0 Å².